The van der Waals surface area contributed by atoms with E-state index in [9.17, 15) is 24.6 Å². The summed E-state index contributed by atoms with van der Waals surface area (Å²) in [6.45, 7) is 0.427. The molecular formula is C22H36O7. The lowest BCUT2D eigenvalue weighted by Crippen LogP contribution is -2.43. The van der Waals surface area contributed by atoms with Gasteiger partial charge in [0.2, 0.25) is 0 Å². The zero-order valence-electron chi connectivity index (χ0n) is 17.4. The predicted molar refractivity (Wildman–Crippen MR) is 106 cm³/mol. The molecule has 0 amide bonds. The number of hydrogen-bond donors (Lipinski definition) is 2. The van der Waals surface area contributed by atoms with E-state index in [4.69, 9.17) is 9.47 Å². The highest BCUT2D eigenvalue weighted by Crippen LogP contribution is 2.27. The van der Waals surface area contributed by atoms with Crippen molar-refractivity contribution in [3.63, 3.8) is 0 Å². The van der Waals surface area contributed by atoms with Crippen molar-refractivity contribution in [3.05, 3.63) is 0 Å². The third-order valence-corrected chi connectivity index (χ3v) is 6.30. The Hall–Kier alpha value is -1.63. The first-order valence-electron chi connectivity index (χ1n) is 11.2. The molecule has 29 heavy (non-hydrogen) atoms. The number of carbonyl (C=O) groups is 3. The summed E-state index contributed by atoms with van der Waals surface area (Å²) in [6.07, 6.45) is 11.8. The summed E-state index contributed by atoms with van der Waals surface area (Å²) in [4.78, 5) is 35.5. The molecule has 0 aromatic carbocycles. The fourth-order valence-corrected chi connectivity index (χ4v) is 4.42. The molecule has 0 spiro atoms. The molecule has 2 N–H and O–H groups in total. The van der Waals surface area contributed by atoms with E-state index in [0.29, 0.717) is 11.8 Å². The quantitative estimate of drug-likeness (QED) is 0.499. The van der Waals surface area contributed by atoms with Gasteiger partial charge in [-0.1, -0.05) is 64.2 Å². The van der Waals surface area contributed by atoms with Crippen molar-refractivity contribution in [2.45, 2.75) is 95.5 Å². The van der Waals surface area contributed by atoms with Crippen LogP contribution in [0.4, 0.5) is 0 Å². The van der Waals surface area contributed by atoms with Crippen LogP contribution < -0.4 is 0 Å². The summed E-state index contributed by atoms with van der Waals surface area (Å²) < 4.78 is 10.2. The molecule has 166 valence electrons. The number of aliphatic hydroxyl groups is 1. The molecule has 0 heterocycles. The zero-order valence-corrected chi connectivity index (χ0v) is 17.4. The van der Waals surface area contributed by atoms with E-state index in [1.165, 1.54) is 38.5 Å². The van der Waals surface area contributed by atoms with Gasteiger partial charge in [0.15, 0.2) is 5.60 Å². The average molecular weight is 413 g/mol. The minimum absolute atomic E-state index is 0.213. The van der Waals surface area contributed by atoms with Crippen LogP contribution in [-0.2, 0) is 23.9 Å². The van der Waals surface area contributed by atoms with E-state index < -0.39 is 36.4 Å². The second-order valence-electron chi connectivity index (χ2n) is 8.72. The van der Waals surface area contributed by atoms with E-state index >= 15 is 0 Å². The van der Waals surface area contributed by atoms with Crippen LogP contribution in [0, 0.1) is 11.8 Å². The predicted octanol–water partition coefficient (Wildman–Crippen LogP) is 3.61. The van der Waals surface area contributed by atoms with Crippen molar-refractivity contribution in [3.8, 4) is 0 Å². The Morgan fingerprint density at radius 2 is 1.10 bits per heavy atom. The molecule has 7 nitrogen and oxygen atoms in total. The Morgan fingerprint density at radius 1 is 0.724 bits per heavy atom. The van der Waals surface area contributed by atoms with Gasteiger partial charge in [0.05, 0.1) is 26.1 Å². The van der Waals surface area contributed by atoms with Crippen LogP contribution in [0.2, 0.25) is 0 Å². The van der Waals surface area contributed by atoms with Crippen LogP contribution in [-0.4, -0.2) is 46.9 Å². The summed E-state index contributed by atoms with van der Waals surface area (Å²) in [6, 6.07) is 0. The van der Waals surface area contributed by atoms with Crippen molar-refractivity contribution in [2.24, 2.45) is 11.8 Å². The van der Waals surface area contributed by atoms with Gasteiger partial charge in [-0.3, -0.25) is 9.59 Å². The maximum Gasteiger partial charge on any atom is 0.336 e. The number of rotatable bonds is 11. The van der Waals surface area contributed by atoms with Crippen molar-refractivity contribution in [2.75, 3.05) is 13.2 Å². The van der Waals surface area contributed by atoms with Gasteiger partial charge in [-0.15, -0.1) is 0 Å². The normalized spacial score (nSPS) is 18.9. The van der Waals surface area contributed by atoms with Crippen molar-refractivity contribution in [1.29, 1.82) is 0 Å². The van der Waals surface area contributed by atoms with E-state index in [1.54, 1.807) is 0 Å². The fourth-order valence-electron chi connectivity index (χ4n) is 4.42. The Morgan fingerprint density at radius 3 is 1.45 bits per heavy atom. The second-order valence-corrected chi connectivity index (χ2v) is 8.72. The standard InChI is InChI=1S/C22H36O7/c23-19(28-13-11-17-7-3-1-4-8-17)15-22(27,21(25)26)16-20(24)29-14-12-18-9-5-2-6-10-18/h17-18,27H,1-16H2,(H,25,26). The molecule has 2 fully saturated rings. The molecule has 0 unspecified atom stereocenters. The minimum Gasteiger partial charge on any atom is -0.479 e. The molecule has 2 saturated carbocycles. The van der Waals surface area contributed by atoms with Crippen LogP contribution in [0.25, 0.3) is 0 Å². The summed E-state index contributed by atoms with van der Waals surface area (Å²) in [5.74, 6) is -2.16. The van der Waals surface area contributed by atoms with Gasteiger partial charge >= 0.3 is 17.9 Å². The van der Waals surface area contributed by atoms with E-state index in [2.05, 4.69) is 0 Å². The molecule has 0 aromatic rings. The molecule has 7 heteroatoms. The number of carbonyl (C=O) groups excluding carboxylic acids is 2. The van der Waals surface area contributed by atoms with Gasteiger partial charge in [0.1, 0.15) is 0 Å². The molecule has 2 aliphatic rings. The Labute approximate surface area is 173 Å². The van der Waals surface area contributed by atoms with Gasteiger partial charge in [-0.05, 0) is 24.7 Å². The fraction of sp³-hybridized carbons (Fsp3) is 0.864. The maximum atomic E-state index is 12.0. The second kappa shape index (κ2) is 12.2. The number of esters is 2. The molecule has 0 bridgehead atoms. The topological polar surface area (TPSA) is 110 Å². The van der Waals surface area contributed by atoms with E-state index in [1.807, 2.05) is 0 Å². The Balaban J connectivity index is 1.69. The molecule has 0 saturated heterocycles. The number of hydrogen-bond acceptors (Lipinski definition) is 6. The monoisotopic (exact) mass is 412 g/mol. The minimum atomic E-state index is -2.50. The van der Waals surface area contributed by atoms with Gasteiger partial charge < -0.3 is 19.7 Å². The third-order valence-electron chi connectivity index (χ3n) is 6.30. The van der Waals surface area contributed by atoms with Crippen LogP contribution in [0.5, 0.6) is 0 Å². The van der Waals surface area contributed by atoms with Crippen LogP contribution in [0.15, 0.2) is 0 Å². The van der Waals surface area contributed by atoms with Crippen molar-refractivity contribution in [1.82, 2.24) is 0 Å². The lowest BCUT2D eigenvalue weighted by atomic mass is 9.87. The summed E-state index contributed by atoms with van der Waals surface area (Å²) >= 11 is 0. The SMILES string of the molecule is O=C(CC(O)(CC(=O)OCCC1CCCCC1)C(=O)O)OCCC1CCCCC1. The lowest BCUT2D eigenvalue weighted by Gasteiger charge is -2.24. The molecular weight excluding hydrogens is 376 g/mol. The highest BCUT2D eigenvalue weighted by atomic mass is 16.5. The Bertz CT molecular complexity index is 495. The van der Waals surface area contributed by atoms with E-state index in [-0.39, 0.29) is 13.2 Å². The van der Waals surface area contributed by atoms with Crippen LogP contribution >= 0.6 is 0 Å². The molecule has 0 atom stereocenters. The largest absolute Gasteiger partial charge is 0.479 e. The molecule has 0 radical (unpaired) electrons. The first kappa shape index (κ1) is 23.6. The average Bonchev–Trinajstić information content (AvgIpc) is 2.69. The number of ether oxygens (including phenoxy) is 2. The van der Waals surface area contributed by atoms with Crippen molar-refractivity contribution < 1.29 is 34.1 Å². The first-order valence-corrected chi connectivity index (χ1v) is 11.2. The zero-order chi connectivity index (χ0) is 21.1. The number of carboxylic acid groups (broad SMARTS) is 1. The van der Waals surface area contributed by atoms with Gasteiger partial charge in [-0.25, -0.2) is 4.79 Å². The highest BCUT2D eigenvalue weighted by Gasteiger charge is 2.42. The third kappa shape index (κ3) is 8.72. The van der Waals surface area contributed by atoms with Crippen LogP contribution in [0.3, 0.4) is 0 Å². The van der Waals surface area contributed by atoms with Crippen LogP contribution in [0.1, 0.15) is 89.9 Å². The van der Waals surface area contributed by atoms with Gasteiger partial charge in [0.25, 0.3) is 0 Å². The van der Waals surface area contributed by atoms with Gasteiger partial charge in [-0.2, -0.15) is 0 Å². The smallest absolute Gasteiger partial charge is 0.336 e. The lowest BCUT2D eigenvalue weighted by molar-refractivity contribution is -0.173. The summed E-state index contributed by atoms with van der Waals surface area (Å²) in [5, 5.41) is 19.6. The van der Waals surface area contributed by atoms with Gasteiger partial charge in [0, 0.05) is 0 Å². The molecule has 0 aliphatic heterocycles. The summed E-state index contributed by atoms with van der Waals surface area (Å²) in [7, 11) is 0. The van der Waals surface area contributed by atoms with Crippen molar-refractivity contribution >= 4 is 17.9 Å². The molecule has 2 aliphatic carbocycles. The maximum absolute atomic E-state index is 12.0. The van der Waals surface area contributed by atoms with E-state index in [0.717, 1.165) is 38.5 Å². The highest BCUT2D eigenvalue weighted by molar-refractivity contribution is 5.89. The molecule has 2 rings (SSSR count). The number of carboxylic acids is 1. The summed E-state index contributed by atoms with van der Waals surface area (Å²) in [5.41, 5.74) is -2.50. The Kier molecular flexibility index (Phi) is 9.91. The number of aliphatic carboxylic acids is 1. The first-order chi connectivity index (χ1) is 13.9. The molecule has 0 aromatic heterocycles.